The highest BCUT2D eigenvalue weighted by molar-refractivity contribution is 8.69. The maximum absolute atomic E-state index is 12.2. The van der Waals surface area contributed by atoms with E-state index in [9.17, 15) is 4.89 Å². The van der Waals surface area contributed by atoms with Crippen molar-refractivity contribution >= 4 is 30.6 Å². The molecule has 47 heavy (non-hydrogen) atoms. The zero-order valence-corrected chi connectivity index (χ0v) is 33.9. The van der Waals surface area contributed by atoms with E-state index < -0.39 is 6.12 Å². The Kier molecular flexibility index (Phi) is 31.9. The number of hydrogen-bond acceptors (Lipinski definition) is 4. The molecule has 0 aliphatic heterocycles. The molecular formula is C42H77O2PS2-2. The first-order chi connectivity index (χ1) is 23.0. The third kappa shape index (κ3) is 30.6. The second kappa shape index (κ2) is 33.3. The maximum atomic E-state index is 12.2. The van der Waals surface area contributed by atoms with Crippen molar-refractivity contribution in [3.8, 4) is 5.75 Å². The van der Waals surface area contributed by atoms with Gasteiger partial charge in [0.15, 0.2) is 5.75 Å². The highest BCUT2D eigenvalue weighted by atomic mass is 33.1. The number of rotatable bonds is 36. The van der Waals surface area contributed by atoms with Crippen LogP contribution in [0.5, 0.6) is 5.75 Å². The Balaban J connectivity index is 2.10. The van der Waals surface area contributed by atoms with Crippen LogP contribution in [-0.4, -0.2) is 0 Å². The molecule has 5 heteroatoms. The lowest BCUT2D eigenvalue weighted by molar-refractivity contribution is -0.169. The summed E-state index contributed by atoms with van der Waals surface area (Å²) in [6.07, 6.45) is 42.7. The first-order valence-corrected chi connectivity index (χ1v) is 24.4. The Bertz CT molecular complexity index is 797. The smallest absolute Gasteiger partial charge is 0.171 e. The van der Waals surface area contributed by atoms with E-state index in [0.29, 0.717) is 5.75 Å². The van der Waals surface area contributed by atoms with E-state index in [1.807, 2.05) is 0 Å². The minimum absolute atomic E-state index is 0.674. The predicted molar refractivity (Wildman–Crippen MR) is 215 cm³/mol. The van der Waals surface area contributed by atoms with Gasteiger partial charge >= 0.3 is 0 Å². The van der Waals surface area contributed by atoms with Crippen molar-refractivity contribution in [2.24, 2.45) is 0 Å². The largest absolute Gasteiger partial charge is 0.682 e. The molecule has 1 rings (SSSR count). The van der Waals surface area contributed by atoms with Gasteiger partial charge in [-0.15, -0.1) is 6.12 Å². The summed E-state index contributed by atoms with van der Waals surface area (Å²) in [5, 5.41) is 0. The molecule has 1 aromatic carbocycles. The van der Waals surface area contributed by atoms with E-state index in [1.165, 1.54) is 205 Å². The average Bonchev–Trinajstić information content (AvgIpc) is 3.04. The fraction of sp³-hybridized carbons (Fsp3) is 0.857. The van der Waals surface area contributed by atoms with Crippen LogP contribution >= 0.6 is 6.12 Å². The molecule has 0 heterocycles. The predicted octanol–water partition coefficient (Wildman–Crippen LogP) is 14.8. The summed E-state index contributed by atoms with van der Waals surface area (Å²) < 4.78 is 5.67. The summed E-state index contributed by atoms with van der Waals surface area (Å²) >= 11 is 9.96. The van der Waals surface area contributed by atoms with Gasteiger partial charge < -0.3 is 33.9 Å². The van der Waals surface area contributed by atoms with Gasteiger partial charge in [0.1, 0.15) is 0 Å². The molecule has 0 atom stereocenters. The van der Waals surface area contributed by atoms with E-state index in [2.05, 4.69) is 32.0 Å². The SMILES string of the molecule is CCCCCCCCCCCCCCCCCCc1ccc(CCCCCCCCCCCCCCCCCC)c(O[P+]([O-])([S-])[S-])c1. The summed E-state index contributed by atoms with van der Waals surface area (Å²) in [6.45, 7) is 4.58. The summed E-state index contributed by atoms with van der Waals surface area (Å²) in [5.74, 6) is 0.674. The molecule has 1 aromatic rings. The summed E-state index contributed by atoms with van der Waals surface area (Å²) in [6, 6.07) is 6.47. The molecule has 0 amide bonds. The van der Waals surface area contributed by atoms with Gasteiger partial charge in [-0.1, -0.05) is 219 Å². The minimum Gasteiger partial charge on any atom is -0.682 e. The van der Waals surface area contributed by atoms with Gasteiger partial charge in [0.05, 0.1) is 0 Å². The molecule has 0 saturated heterocycles. The average molecular weight is 709 g/mol. The first-order valence-electron chi connectivity index (χ1n) is 20.8. The Labute approximate surface area is 306 Å². The van der Waals surface area contributed by atoms with Gasteiger partial charge in [0, 0.05) is 0 Å². The lowest BCUT2D eigenvalue weighted by atomic mass is 9.99. The Hall–Kier alpha value is 0.110. The van der Waals surface area contributed by atoms with Gasteiger partial charge in [-0.2, -0.15) is 0 Å². The van der Waals surface area contributed by atoms with Crippen LogP contribution in [0.15, 0.2) is 18.2 Å². The zero-order chi connectivity index (χ0) is 34.1. The normalized spacial score (nSPS) is 11.9. The van der Waals surface area contributed by atoms with Gasteiger partial charge in [-0.05, 0) is 42.9 Å². The molecular weight excluding hydrogens is 632 g/mol. The van der Waals surface area contributed by atoms with Crippen LogP contribution < -0.4 is 9.42 Å². The Morgan fingerprint density at radius 3 is 1.06 bits per heavy atom. The monoisotopic (exact) mass is 709 g/mol. The van der Waals surface area contributed by atoms with Crippen molar-refractivity contribution in [1.82, 2.24) is 0 Å². The molecule has 0 N–H and O–H groups in total. The number of benzene rings is 1. The van der Waals surface area contributed by atoms with Crippen molar-refractivity contribution < 1.29 is 9.42 Å². The van der Waals surface area contributed by atoms with Crippen molar-refractivity contribution in [2.45, 2.75) is 232 Å². The third-order valence-corrected chi connectivity index (χ3v) is 10.8. The first kappa shape index (κ1) is 45.1. The molecule has 0 spiro atoms. The lowest BCUT2D eigenvalue weighted by Gasteiger charge is -2.42. The molecule has 0 aliphatic carbocycles. The molecule has 0 radical (unpaired) electrons. The van der Waals surface area contributed by atoms with Crippen molar-refractivity contribution in [2.75, 3.05) is 0 Å². The second-order valence-corrected chi connectivity index (χ2v) is 19.2. The van der Waals surface area contributed by atoms with Gasteiger partial charge in [0.25, 0.3) is 0 Å². The van der Waals surface area contributed by atoms with Gasteiger partial charge in [-0.3, -0.25) is 0 Å². The van der Waals surface area contributed by atoms with Gasteiger partial charge in [0.2, 0.25) is 0 Å². The van der Waals surface area contributed by atoms with Crippen LogP contribution in [0, 0.1) is 0 Å². The molecule has 0 bridgehead atoms. The van der Waals surface area contributed by atoms with E-state index in [-0.39, 0.29) is 0 Å². The molecule has 0 aliphatic rings. The fourth-order valence-corrected chi connectivity index (χ4v) is 7.80. The van der Waals surface area contributed by atoms with Crippen LogP contribution in [0.3, 0.4) is 0 Å². The van der Waals surface area contributed by atoms with Crippen LogP contribution in [0.4, 0.5) is 0 Å². The highest BCUT2D eigenvalue weighted by Crippen LogP contribution is 2.47. The van der Waals surface area contributed by atoms with E-state index in [1.54, 1.807) is 0 Å². The second-order valence-electron chi connectivity index (χ2n) is 14.6. The van der Waals surface area contributed by atoms with E-state index >= 15 is 0 Å². The van der Waals surface area contributed by atoms with Crippen LogP contribution in [0.1, 0.15) is 230 Å². The molecule has 2 nitrogen and oxygen atoms in total. The fourth-order valence-electron chi connectivity index (χ4n) is 6.91. The zero-order valence-electron chi connectivity index (χ0n) is 31.4. The molecule has 0 fully saturated rings. The lowest BCUT2D eigenvalue weighted by Crippen LogP contribution is -2.10. The van der Waals surface area contributed by atoms with Crippen LogP contribution in [0.2, 0.25) is 0 Å². The molecule has 0 aromatic heterocycles. The quantitative estimate of drug-likeness (QED) is 0.0395. The number of aryl methyl sites for hydroxylation is 2. The number of hydrogen-bond donors (Lipinski definition) is 0. The Morgan fingerprint density at radius 1 is 0.447 bits per heavy atom. The van der Waals surface area contributed by atoms with E-state index in [0.717, 1.165) is 24.8 Å². The molecule has 0 unspecified atom stereocenters. The van der Waals surface area contributed by atoms with Crippen LogP contribution in [-0.2, 0) is 37.3 Å². The topological polar surface area (TPSA) is 32.3 Å². The van der Waals surface area contributed by atoms with E-state index in [4.69, 9.17) is 29.0 Å². The highest BCUT2D eigenvalue weighted by Gasteiger charge is 2.09. The van der Waals surface area contributed by atoms with Crippen molar-refractivity contribution in [3.63, 3.8) is 0 Å². The summed E-state index contributed by atoms with van der Waals surface area (Å²) in [7, 11) is 0. The maximum Gasteiger partial charge on any atom is 0.171 e. The summed E-state index contributed by atoms with van der Waals surface area (Å²) in [5.41, 5.74) is 2.36. The third-order valence-electron chi connectivity index (χ3n) is 9.96. The van der Waals surface area contributed by atoms with Crippen molar-refractivity contribution in [1.29, 1.82) is 0 Å². The van der Waals surface area contributed by atoms with Crippen molar-refractivity contribution in [3.05, 3.63) is 29.3 Å². The number of unbranched alkanes of at least 4 members (excludes halogenated alkanes) is 30. The minimum atomic E-state index is -3.41. The Morgan fingerprint density at radius 2 is 0.745 bits per heavy atom. The molecule has 276 valence electrons. The van der Waals surface area contributed by atoms with Crippen LogP contribution in [0.25, 0.3) is 0 Å². The summed E-state index contributed by atoms with van der Waals surface area (Å²) in [4.78, 5) is 12.2. The molecule has 0 saturated carbocycles. The standard InChI is InChI=1S/C42H79O2PS2/c1-3-5-7-9-11-13-15-17-19-21-23-25-27-29-31-33-35-40-37-38-41(42(39-40)44-45(43,46)47)36-34-32-30-28-26-24-22-20-18-16-14-12-10-8-6-4-2/h37-39H,3-36H2,1-2H3,(H2,43,46,47)/p-2. The van der Waals surface area contributed by atoms with Gasteiger partial charge in [-0.25, -0.2) is 0 Å².